The van der Waals surface area contributed by atoms with E-state index in [0.29, 0.717) is 5.13 Å². The van der Waals surface area contributed by atoms with Gasteiger partial charge in [0.05, 0.1) is 27.3 Å². The van der Waals surface area contributed by atoms with E-state index in [1.165, 1.54) is 27.8 Å². The average Bonchev–Trinajstić information content (AvgIpc) is 3.10. The number of amides is 1. The van der Waals surface area contributed by atoms with Gasteiger partial charge in [0.2, 0.25) is 10.0 Å². The van der Waals surface area contributed by atoms with E-state index in [1.54, 1.807) is 12.1 Å². The molecule has 1 saturated heterocycles. The number of fused-ring (bicyclic) bond motifs is 1. The van der Waals surface area contributed by atoms with Crippen molar-refractivity contribution in [2.75, 3.05) is 18.4 Å². The molecule has 4 rings (SSSR count). The fourth-order valence-electron chi connectivity index (χ4n) is 3.87. The van der Waals surface area contributed by atoms with Crippen molar-refractivity contribution in [1.82, 2.24) is 9.29 Å². The van der Waals surface area contributed by atoms with Gasteiger partial charge in [-0.2, -0.15) is 4.31 Å². The molecular formula is C22H25N3O4S2. The number of aryl methyl sites for hydroxylation is 2. The molecule has 0 saturated carbocycles. The van der Waals surface area contributed by atoms with E-state index in [2.05, 4.69) is 16.4 Å². The maximum Gasteiger partial charge on any atom is 0.257 e. The molecule has 1 aromatic heterocycles. The molecule has 0 spiro atoms. The summed E-state index contributed by atoms with van der Waals surface area (Å²) >= 11 is 1.40. The van der Waals surface area contributed by atoms with Crippen LogP contribution in [0.3, 0.4) is 0 Å². The minimum absolute atomic E-state index is 0.0946. The molecule has 9 heteroatoms. The number of sulfonamides is 1. The second-order valence-corrected chi connectivity index (χ2v) is 11.0. The molecule has 1 fully saturated rings. The SMILES string of the molecule is Cc1cc(C)c2nc(NC(=O)c3cccc(S(=O)(=O)N4C[C@@H](C)O[C@@H](C)C4)c3)sc2c1. The van der Waals surface area contributed by atoms with E-state index in [1.807, 2.05) is 33.8 Å². The number of rotatable bonds is 4. The van der Waals surface area contributed by atoms with Gasteiger partial charge in [-0.05, 0) is 63.1 Å². The van der Waals surface area contributed by atoms with E-state index in [0.717, 1.165) is 21.3 Å². The van der Waals surface area contributed by atoms with Gasteiger partial charge in [-0.1, -0.05) is 23.5 Å². The summed E-state index contributed by atoms with van der Waals surface area (Å²) in [5, 5.41) is 3.29. The lowest BCUT2D eigenvalue weighted by atomic mass is 10.1. The fourth-order valence-corrected chi connectivity index (χ4v) is 6.54. The van der Waals surface area contributed by atoms with E-state index in [9.17, 15) is 13.2 Å². The van der Waals surface area contributed by atoms with Crippen molar-refractivity contribution in [3.8, 4) is 0 Å². The fraction of sp³-hybridized carbons (Fsp3) is 0.364. The van der Waals surface area contributed by atoms with Crippen molar-refractivity contribution in [2.24, 2.45) is 0 Å². The Morgan fingerprint density at radius 3 is 2.58 bits per heavy atom. The number of morpholine rings is 1. The molecule has 0 unspecified atom stereocenters. The predicted molar refractivity (Wildman–Crippen MR) is 122 cm³/mol. The lowest BCUT2D eigenvalue weighted by molar-refractivity contribution is -0.0440. The molecule has 0 bridgehead atoms. The molecule has 31 heavy (non-hydrogen) atoms. The Hall–Kier alpha value is -2.33. The number of anilines is 1. The molecule has 0 aliphatic carbocycles. The highest BCUT2D eigenvalue weighted by atomic mass is 32.2. The van der Waals surface area contributed by atoms with E-state index >= 15 is 0 Å². The van der Waals surface area contributed by atoms with Gasteiger partial charge in [0.1, 0.15) is 0 Å². The third kappa shape index (κ3) is 4.50. The van der Waals surface area contributed by atoms with Gasteiger partial charge >= 0.3 is 0 Å². The van der Waals surface area contributed by atoms with Gasteiger partial charge in [-0.3, -0.25) is 10.1 Å². The van der Waals surface area contributed by atoms with E-state index < -0.39 is 15.9 Å². The van der Waals surface area contributed by atoms with Crippen LogP contribution in [0.5, 0.6) is 0 Å². The van der Waals surface area contributed by atoms with Gasteiger partial charge in [-0.15, -0.1) is 0 Å². The molecule has 7 nitrogen and oxygen atoms in total. The molecule has 1 N–H and O–H groups in total. The third-order valence-corrected chi connectivity index (χ3v) is 7.92. The molecular weight excluding hydrogens is 434 g/mol. The zero-order valence-corrected chi connectivity index (χ0v) is 19.5. The topological polar surface area (TPSA) is 88.6 Å². The van der Waals surface area contributed by atoms with Crippen molar-refractivity contribution in [2.45, 2.75) is 44.8 Å². The lowest BCUT2D eigenvalue weighted by Gasteiger charge is -2.34. The van der Waals surface area contributed by atoms with Gasteiger partial charge < -0.3 is 4.74 Å². The number of nitrogens with zero attached hydrogens (tertiary/aromatic N) is 2. The van der Waals surface area contributed by atoms with Crippen LogP contribution in [-0.2, 0) is 14.8 Å². The van der Waals surface area contributed by atoms with Gasteiger partial charge in [0.25, 0.3) is 5.91 Å². The van der Waals surface area contributed by atoms with Crippen molar-refractivity contribution in [3.05, 3.63) is 53.1 Å². The zero-order chi connectivity index (χ0) is 22.3. The van der Waals surface area contributed by atoms with Crippen molar-refractivity contribution in [3.63, 3.8) is 0 Å². The summed E-state index contributed by atoms with van der Waals surface area (Å²) in [5.74, 6) is -0.394. The number of ether oxygens (including phenoxy) is 1. The molecule has 2 heterocycles. The van der Waals surface area contributed by atoms with Crippen LogP contribution >= 0.6 is 11.3 Å². The van der Waals surface area contributed by atoms with E-state index in [-0.39, 0.29) is 35.8 Å². The second kappa shape index (κ2) is 8.31. The standard InChI is InChI=1S/C22H25N3O4S2/c1-13-8-14(2)20-19(9-13)30-22(23-20)24-21(26)17-6-5-7-18(10-17)31(27,28)25-11-15(3)29-16(4)12-25/h5-10,15-16H,11-12H2,1-4H3,(H,23,24,26)/t15-,16+. The van der Waals surface area contributed by atoms with Gasteiger partial charge in [0, 0.05) is 18.7 Å². The monoisotopic (exact) mass is 459 g/mol. The minimum atomic E-state index is -3.73. The normalized spacial score (nSPS) is 20.1. The van der Waals surface area contributed by atoms with Crippen molar-refractivity contribution < 1.29 is 17.9 Å². The Labute approximate surface area is 186 Å². The third-order valence-electron chi connectivity index (χ3n) is 5.17. The van der Waals surface area contributed by atoms with Crippen molar-refractivity contribution in [1.29, 1.82) is 0 Å². The van der Waals surface area contributed by atoms with Gasteiger partial charge in [-0.25, -0.2) is 13.4 Å². The quantitative estimate of drug-likeness (QED) is 0.638. The number of nitrogens with one attached hydrogen (secondary N) is 1. The van der Waals surface area contributed by atoms with E-state index in [4.69, 9.17) is 4.74 Å². The van der Waals surface area contributed by atoms with Crippen LogP contribution in [0.1, 0.15) is 35.3 Å². The number of benzene rings is 2. The molecule has 2 aromatic carbocycles. The Morgan fingerprint density at radius 1 is 1.16 bits per heavy atom. The number of hydrogen-bond acceptors (Lipinski definition) is 6. The van der Waals surface area contributed by atoms with Crippen LogP contribution in [0.15, 0.2) is 41.3 Å². The smallest absolute Gasteiger partial charge is 0.257 e. The van der Waals surface area contributed by atoms with Crippen LogP contribution in [0.25, 0.3) is 10.2 Å². The highest BCUT2D eigenvalue weighted by Crippen LogP contribution is 2.30. The Bertz CT molecular complexity index is 1240. The molecule has 1 aliphatic rings. The first kappa shape index (κ1) is 21.9. The largest absolute Gasteiger partial charge is 0.373 e. The number of hydrogen-bond donors (Lipinski definition) is 1. The van der Waals surface area contributed by atoms with Crippen LogP contribution in [-0.4, -0.2) is 48.9 Å². The highest BCUT2D eigenvalue weighted by Gasteiger charge is 2.32. The van der Waals surface area contributed by atoms with Crippen LogP contribution < -0.4 is 5.32 Å². The zero-order valence-electron chi connectivity index (χ0n) is 17.9. The Morgan fingerprint density at radius 2 is 1.87 bits per heavy atom. The van der Waals surface area contributed by atoms with Crippen LogP contribution in [0.4, 0.5) is 5.13 Å². The van der Waals surface area contributed by atoms with Gasteiger partial charge in [0.15, 0.2) is 5.13 Å². The Kier molecular flexibility index (Phi) is 5.87. The average molecular weight is 460 g/mol. The summed E-state index contributed by atoms with van der Waals surface area (Å²) in [7, 11) is -3.73. The second-order valence-electron chi connectivity index (χ2n) is 8.01. The summed E-state index contributed by atoms with van der Waals surface area (Å²) in [6.45, 7) is 8.28. The first-order valence-electron chi connectivity index (χ1n) is 10.1. The lowest BCUT2D eigenvalue weighted by Crippen LogP contribution is -2.48. The number of carbonyl (C=O) groups is 1. The molecule has 164 valence electrons. The predicted octanol–water partition coefficient (Wildman–Crippen LogP) is 3.96. The molecule has 1 amide bonds. The van der Waals surface area contributed by atoms with Crippen LogP contribution in [0, 0.1) is 13.8 Å². The minimum Gasteiger partial charge on any atom is -0.373 e. The summed E-state index contributed by atoms with van der Waals surface area (Å²) in [6, 6.07) is 10.2. The molecule has 3 aromatic rings. The summed E-state index contributed by atoms with van der Waals surface area (Å²) in [6.07, 6.45) is -0.368. The maximum absolute atomic E-state index is 13.1. The molecule has 0 radical (unpaired) electrons. The maximum atomic E-state index is 13.1. The number of aromatic nitrogens is 1. The highest BCUT2D eigenvalue weighted by molar-refractivity contribution is 7.89. The summed E-state index contributed by atoms with van der Waals surface area (Å²) < 4.78 is 34.3. The Balaban J connectivity index is 1.58. The summed E-state index contributed by atoms with van der Waals surface area (Å²) in [4.78, 5) is 17.5. The van der Waals surface area contributed by atoms with Crippen molar-refractivity contribution >= 4 is 42.6 Å². The van der Waals surface area contributed by atoms with Crippen LogP contribution in [0.2, 0.25) is 0 Å². The number of carbonyl (C=O) groups excluding carboxylic acids is 1. The first-order valence-corrected chi connectivity index (χ1v) is 12.3. The molecule has 1 aliphatic heterocycles. The number of thiazole rings is 1. The summed E-state index contributed by atoms with van der Waals surface area (Å²) in [5.41, 5.74) is 3.31. The first-order chi connectivity index (χ1) is 14.6. The molecule has 2 atom stereocenters.